The first-order valence-corrected chi connectivity index (χ1v) is 9.98. The smallest absolute Gasteiger partial charge is 0.226 e. The molecule has 0 saturated heterocycles. The standard InChI is InChI=1S/C20H29NO/c22-19(20-7-11-1-12(8-20)3-13(2-11)9-20)21-10-15-4-14-5-16(15)18-6-17(14)18/h11-18H,1-10H2,(H,21,22)/t11?,12?,13?,14-,15-,16-,17+,18+,20?/m0/s1. The molecule has 7 aliphatic carbocycles. The quantitative estimate of drug-likeness (QED) is 0.847. The van der Waals surface area contributed by atoms with Crippen molar-refractivity contribution < 1.29 is 4.79 Å². The number of amides is 1. The Morgan fingerprint density at radius 2 is 1.50 bits per heavy atom. The molecule has 0 aromatic heterocycles. The Morgan fingerprint density at radius 3 is 2.09 bits per heavy atom. The summed E-state index contributed by atoms with van der Waals surface area (Å²) in [5.74, 6) is 8.13. The maximum atomic E-state index is 13.0. The number of rotatable bonds is 3. The molecule has 6 bridgehead atoms. The van der Waals surface area contributed by atoms with Crippen molar-refractivity contribution in [1.82, 2.24) is 5.32 Å². The van der Waals surface area contributed by atoms with Gasteiger partial charge in [-0.05, 0) is 105 Å². The monoisotopic (exact) mass is 299 g/mol. The minimum absolute atomic E-state index is 0.0640. The van der Waals surface area contributed by atoms with Crippen LogP contribution in [0, 0.1) is 52.8 Å². The van der Waals surface area contributed by atoms with Crippen molar-refractivity contribution in [2.75, 3.05) is 6.54 Å². The van der Waals surface area contributed by atoms with Gasteiger partial charge in [-0.3, -0.25) is 4.79 Å². The summed E-state index contributed by atoms with van der Waals surface area (Å²) in [6, 6.07) is 0. The second-order valence-electron chi connectivity index (χ2n) is 10.1. The maximum absolute atomic E-state index is 13.0. The molecule has 0 aromatic rings. The van der Waals surface area contributed by atoms with Crippen LogP contribution in [0.3, 0.4) is 0 Å². The summed E-state index contributed by atoms with van der Waals surface area (Å²) < 4.78 is 0. The minimum atomic E-state index is 0.0640. The van der Waals surface area contributed by atoms with E-state index < -0.39 is 0 Å². The Morgan fingerprint density at radius 1 is 0.818 bits per heavy atom. The molecule has 120 valence electrons. The van der Waals surface area contributed by atoms with Gasteiger partial charge in [-0.15, -0.1) is 0 Å². The fourth-order valence-corrected chi connectivity index (χ4v) is 8.38. The molecule has 22 heavy (non-hydrogen) atoms. The van der Waals surface area contributed by atoms with E-state index in [1.807, 2.05) is 0 Å². The highest BCUT2D eigenvalue weighted by Gasteiger charge is 2.61. The van der Waals surface area contributed by atoms with Crippen LogP contribution in [0.5, 0.6) is 0 Å². The van der Waals surface area contributed by atoms with Crippen molar-refractivity contribution in [3.63, 3.8) is 0 Å². The van der Waals surface area contributed by atoms with Crippen LogP contribution >= 0.6 is 0 Å². The summed E-state index contributed by atoms with van der Waals surface area (Å²) in [4.78, 5) is 13.0. The molecule has 7 fully saturated rings. The fourth-order valence-electron chi connectivity index (χ4n) is 8.38. The molecule has 0 aromatic carbocycles. The highest BCUT2D eigenvalue weighted by atomic mass is 16.2. The summed E-state index contributed by atoms with van der Waals surface area (Å²) in [5.41, 5.74) is 0.0640. The van der Waals surface area contributed by atoms with Gasteiger partial charge in [0.05, 0.1) is 0 Å². The summed E-state index contributed by atoms with van der Waals surface area (Å²) in [6.07, 6.45) is 12.4. The Balaban J connectivity index is 1.14. The molecule has 0 aliphatic heterocycles. The molecule has 0 heterocycles. The van der Waals surface area contributed by atoms with Crippen LogP contribution in [-0.4, -0.2) is 12.5 Å². The van der Waals surface area contributed by atoms with E-state index in [0.29, 0.717) is 5.91 Å². The predicted octanol–water partition coefficient (Wildman–Crippen LogP) is 3.61. The van der Waals surface area contributed by atoms with Gasteiger partial charge < -0.3 is 5.32 Å². The molecule has 1 amide bonds. The van der Waals surface area contributed by atoms with Crippen molar-refractivity contribution in [2.24, 2.45) is 52.8 Å². The third kappa shape index (κ3) is 1.65. The lowest BCUT2D eigenvalue weighted by molar-refractivity contribution is -0.146. The van der Waals surface area contributed by atoms with Gasteiger partial charge in [-0.1, -0.05) is 0 Å². The van der Waals surface area contributed by atoms with Crippen LogP contribution in [0.2, 0.25) is 0 Å². The number of hydrogen-bond donors (Lipinski definition) is 1. The molecule has 7 aliphatic rings. The van der Waals surface area contributed by atoms with Crippen molar-refractivity contribution >= 4 is 5.91 Å². The largest absolute Gasteiger partial charge is 0.355 e. The van der Waals surface area contributed by atoms with Crippen molar-refractivity contribution in [1.29, 1.82) is 0 Å². The van der Waals surface area contributed by atoms with Crippen LogP contribution in [-0.2, 0) is 4.79 Å². The van der Waals surface area contributed by atoms with E-state index in [4.69, 9.17) is 0 Å². The van der Waals surface area contributed by atoms with Gasteiger partial charge in [-0.25, -0.2) is 0 Å². The van der Waals surface area contributed by atoms with E-state index in [1.165, 1.54) is 57.8 Å². The second kappa shape index (κ2) is 4.11. The predicted molar refractivity (Wildman–Crippen MR) is 84.9 cm³/mol. The summed E-state index contributed by atoms with van der Waals surface area (Å²) in [7, 11) is 0. The molecule has 0 radical (unpaired) electrons. The zero-order chi connectivity index (χ0) is 14.5. The molecule has 5 atom stereocenters. The summed E-state index contributed by atoms with van der Waals surface area (Å²) >= 11 is 0. The Bertz CT molecular complexity index is 491. The average molecular weight is 299 g/mol. The minimum Gasteiger partial charge on any atom is -0.355 e. The van der Waals surface area contributed by atoms with Crippen LogP contribution < -0.4 is 5.32 Å². The van der Waals surface area contributed by atoms with E-state index in [2.05, 4.69) is 5.32 Å². The first-order chi connectivity index (χ1) is 10.7. The zero-order valence-corrected chi connectivity index (χ0v) is 13.6. The zero-order valence-electron chi connectivity index (χ0n) is 13.6. The molecule has 7 saturated carbocycles. The molecule has 2 heteroatoms. The third-order valence-corrected chi connectivity index (χ3v) is 8.88. The van der Waals surface area contributed by atoms with Gasteiger partial charge in [0.25, 0.3) is 0 Å². The van der Waals surface area contributed by atoms with Crippen molar-refractivity contribution in [3.05, 3.63) is 0 Å². The third-order valence-electron chi connectivity index (χ3n) is 8.88. The Kier molecular flexibility index (Phi) is 2.40. The molecule has 7 rings (SSSR count). The molecule has 0 spiro atoms. The summed E-state index contributed by atoms with van der Waals surface area (Å²) in [6.45, 7) is 1.00. The van der Waals surface area contributed by atoms with Gasteiger partial charge >= 0.3 is 0 Å². The van der Waals surface area contributed by atoms with Gasteiger partial charge in [-0.2, -0.15) is 0 Å². The number of carbonyl (C=O) groups is 1. The van der Waals surface area contributed by atoms with Gasteiger partial charge in [0.1, 0.15) is 0 Å². The maximum Gasteiger partial charge on any atom is 0.226 e. The van der Waals surface area contributed by atoms with Crippen LogP contribution in [0.15, 0.2) is 0 Å². The van der Waals surface area contributed by atoms with Crippen LogP contribution in [0.25, 0.3) is 0 Å². The second-order valence-corrected chi connectivity index (χ2v) is 10.1. The van der Waals surface area contributed by atoms with Crippen molar-refractivity contribution in [3.8, 4) is 0 Å². The van der Waals surface area contributed by atoms with E-state index in [9.17, 15) is 4.79 Å². The highest BCUT2D eigenvalue weighted by molar-refractivity contribution is 5.83. The number of nitrogens with one attached hydrogen (secondary N) is 1. The number of fused-ring (bicyclic) bond motifs is 5. The molecule has 0 unspecified atom stereocenters. The normalized spacial score (nSPS) is 59.6. The van der Waals surface area contributed by atoms with Gasteiger partial charge in [0, 0.05) is 12.0 Å². The van der Waals surface area contributed by atoms with Crippen LogP contribution in [0.1, 0.15) is 57.8 Å². The number of carbonyl (C=O) groups excluding carboxylic acids is 1. The lowest BCUT2D eigenvalue weighted by Gasteiger charge is -2.55. The van der Waals surface area contributed by atoms with Crippen molar-refractivity contribution in [2.45, 2.75) is 57.8 Å². The molecular formula is C20H29NO. The first-order valence-electron chi connectivity index (χ1n) is 9.98. The Labute approximate surface area is 133 Å². The fraction of sp³-hybridized carbons (Fsp3) is 0.950. The van der Waals surface area contributed by atoms with E-state index >= 15 is 0 Å². The number of hydrogen-bond acceptors (Lipinski definition) is 1. The average Bonchev–Trinajstić information content (AvgIpc) is 3.09. The van der Waals surface area contributed by atoms with Gasteiger partial charge in [0.15, 0.2) is 0 Å². The van der Waals surface area contributed by atoms with E-state index in [0.717, 1.165) is 53.9 Å². The highest BCUT2D eigenvalue weighted by Crippen LogP contribution is 2.67. The van der Waals surface area contributed by atoms with Crippen LogP contribution in [0.4, 0.5) is 0 Å². The topological polar surface area (TPSA) is 29.1 Å². The summed E-state index contributed by atoms with van der Waals surface area (Å²) in [5, 5.41) is 3.47. The SMILES string of the molecule is O=C(NC[C@@H]1C[C@H]2C[C@@H]1[C@H]1C[C@H]21)C12CC3CC(CC(C3)C1)C2. The molecule has 2 nitrogen and oxygen atoms in total. The van der Waals surface area contributed by atoms with Gasteiger partial charge in [0.2, 0.25) is 5.91 Å². The Hall–Kier alpha value is -0.530. The molecule has 1 N–H and O–H groups in total. The first kappa shape index (κ1) is 12.8. The lowest BCUT2D eigenvalue weighted by Crippen LogP contribution is -2.54. The molecular weight excluding hydrogens is 270 g/mol. The lowest BCUT2D eigenvalue weighted by atomic mass is 9.49. The van der Waals surface area contributed by atoms with E-state index in [-0.39, 0.29) is 5.41 Å². The van der Waals surface area contributed by atoms with E-state index in [1.54, 1.807) is 0 Å².